The van der Waals surface area contributed by atoms with Gasteiger partial charge in [-0.1, -0.05) is 12.1 Å². The molecule has 0 saturated heterocycles. The van der Waals surface area contributed by atoms with E-state index in [1.165, 1.54) is 5.56 Å². The van der Waals surface area contributed by atoms with Gasteiger partial charge in [-0.05, 0) is 48.2 Å². The lowest BCUT2D eigenvalue weighted by molar-refractivity contribution is 0.0986. The molecule has 4 heteroatoms. The Kier molecular flexibility index (Phi) is 4.88. The van der Waals surface area contributed by atoms with E-state index in [9.17, 15) is 9.59 Å². The van der Waals surface area contributed by atoms with Gasteiger partial charge in [-0.2, -0.15) is 0 Å². The number of carbonyl (C=O) groups excluding carboxylic acids is 2. The molecule has 0 N–H and O–H groups in total. The highest BCUT2D eigenvalue weighted by molar-refractivity contribution is 6.01. The molecule has 4 nitrogen and oxygen atoms in total. The second-order valence-electron chi connectivity index (χ2n) is 6.61. The number of fused-ring (bicyclic) bond motifs is 2. The van der Waals surface area contributed by atoms with E-state index in [2.05, 4.69) is 12.1 Å². The summed E-state index contributed by atoms with van der Waals surface area (Å²) in [5, 5.41) is 0. The lowest BCUT2D eigenvalue weighted by Gasteiger charge is -2.13. The number of nitrogens with zero attached hydrogens (tertiary/aromatic N) is 1. The van der Waals surface area contributed by atoms with Gasteiger partial charge in [0.2, 0.25) is 0 Å². The highest BCUT2D eigenvalue weighted by Crippen LogP contribution is 2.26. The van der Waals surface area contributed by atoms with Crippen LogP contribution in [0.2, 0.25) is 0 Å². The van der Waals surface area contributed by atoms with Gasteiger partial charge in [0, 0.05) is 43.8 Å². The summed E-state index contributed by atoms with van der Waals surface area (Å²) in [5.41, 5.74) is 5.23. The number of methoxy groups -OCH3 is 1. The van der Waals surface area contributed by atoms with Gasteiger partial charge in [0.15, 0.2) is 11.6 Å². The number of Topliss-reactive ketones (excluding diaryl/α,β-unsaturated/α-hetero) is 2. The Morgan fingerprint density at radius 3 is 1.92 bits per heavy atom. The Morgan fingerprint density at radius 2 is 1.36 bits per heavy atom. The molecule has 0 aromatic heterocycles. The molecule has 0 aliphatic heterocycles. The van der Waals surface area contributed by atoms with Gasteiger partial charge < -0.3 is 9.64 Å². The summed E-state index contributed by atoms with van der Waals surface area (Å²) < 4.78 is 5.04. The maximum Gasteiger partial charge on any atom is 0.163 e. The van der Waals surface area contributed by atoms with Crippen LogP contribution in [0.15, 0.2) is 36.4 Å². The van der Waals surface area contributed by atoms with Crippen LogP contribution in [0.1, 0.15) is 44.7 Å². The second kappa shape index (κ2) is 7.09. The highest BCUT2D eigenvalue weighted by atomic mass is 16.5. The summed E-state index contributed by atoms with van der Waals surface area (Å²) >= 11 is 0. The molecule has 130 valence electrons. The van der Waals surface area contributed by atoms with Crippen LogP contribution in [0, 0.1) is 0 Å². The summed E-state index contributed by atoms with van der Waals surface area (Å²) in [6, 6.07) is 11.8. The third-order valence-electron chi connectivity index (χ3n) is 4.77. The zero-order chi connectivity index (χ0) is 18.0. The Hall–Kier alpha value is -2.62. The largest absolute Gasteiger partial charge is 0.497 e. The average molecular weight is 337 g/mol. The molecule has 0 bridgehead atoms. The number of rotatable bonds is 2. The van der Waals surface area contributed by atoms with E-state index >= 15 is 0 Å². The number of hydrogen-bond donors (Lipinski definition) is 0. The summed E-state index contributed by atoms with van der Waals surface area (Å²) in [6.45, 7) is 0. The van der Waals surface area contributed by atoms with E-state index in [-0.39, 0.29) is 5.78 Å². The molecule has 25 heavy (non-hydrogen) atoms. The fourth-order valence-electron chi connectivity index (χ4n) is 3.25. The van der Waals surface area contributed by atoms with Crippen molar-refractivity contribution < 1.29 is 14.3 Å². The number of carbonyl (C=O) groups is 2. The second-order valence-corrected chi connectivity index (χ2v) is 6.61. The lowest BCUT2D eigenvalue weighted by atomic mass is 10.1. The number of hydrogen-bond acceptors (Lipinski definition) is 4. The van der Waals surface area contributed by atoms with E-state index in [1.807, 2.05) is 43.3 Å². The molecule has 0 atom stereocenters. The van der Waals surface area contributed by atoms with Crippen LogP contribution in [0.4, 0.5) is 5.69 Å². The van der Waals surface area contributed by atoms with E-state index in [4.69, 9.17) is 4.74 Å². The number of ketones is 2. The fourth-order valence-corrected chi connectivity index (χ4v) is 3.25. The van der Waals surface area contributed by atoms with E-state index < -0.39 is 0 Å². The lowest BCUT2D eigenvalue weighted by Crippen LogP contribution is -2.09. The first-order chi connectivity index (χ1) is 12.0. The van der Waals surface area contributed by atoms with Crippen molar-refractivity contribution in [2.75, 3.05) is 26.1 Å². The van der Waals surface area contributed by atoms with Crippen LogP contribution in [0.5, 0.6) is 5.75 Å². The van der Waals surface area contributed by atoms with Gasteiger partial charge in [-0.25, -0.2) is 0 Å². The predicted octanol–water partition coefficient (Wildman–Crippen LogP) is 3.71. The van der Waals surface area contributed by atoms with Crippen molar-refractivity contribution >= 4 is 17.3 Å². The quantitative estimate of drug-likeness (QED) is 0.838. The van der Waals surface area contributed by atoms with Crippen molar-refractivity contribution in [2.24, 2.45) is 0 Å². The number of ether oxygens (including phenoxy) is 1. The molecule has 2 aromatic rings. The first-order valence-electron chi connectivity index (χ1n) is 8.53. The molecule has 2 aromatic carbocycles. The van der Waals surface area contributed by atoms with Crippen molar-refractivity contribution in [1.29, 1.82) is 0 Å². The van der Waals surface area contributed by atoms with Crippen molar-refractivity contribution in [3.63, 3.8) is 0 Å². The molecule has 0 heterocycles. The predicted molar refractivity (Wildman–Crippen MR) is 99.1 cm³/mol. The van der Waals surface area contributed by atoms with Gasteiger partial charge in [0.05, 0.1) is 7.11 Å². The van der Waals surface area contributed by atoms with E-state index in [1.54, 1.807) is 7.11 Å². The molecule has 0 fully saturated rings. The summed E-state index contributed by atoms with van der Waals surface area (Å²) in [4.78, 5) is 24.7. The first-order valence-corrected chi connectivity index (χ1v) is 8.53. The van der Waals surface area contributed by atoms with Gasteiger partial charge in [0.1, 0.15) is 5.75 Å². The third kappa shape index (κ3) is 3.58. The van der Waals surface area contributed by atoms with Crippen LogP contribution < -0.4 is 9.64 Å². The SMILES string of the molecule is CN(C)c1ccc2c(c1)C(=O)CC2.COc1ccc2c(c1)C(=O)CC2. The molecular formula is C21H23NO3. The number of aryl methyl sites for hydroxylation is 2. The molecule has 2 aliphatic carbocycles. The number of anilines is 1. The van der Waals surface area contributed by atoms with Crippen LogP contribution in [-0.2, 0) is 12.8 Å². The molecule has 0 unspecified atom stereocenters. The molecule has 0 spiro atoms. The zero-order valence-electron chi connectivity index (χ0n) is 15.0. The van der Waals surface area contributed by atoms with Gasteiger partial charge >= 0.3 is 0 Å². The minimum absolute atomic E-state index is 0.240. The minimum atomic E-state index is 0.240. The van der Waals surface area contributed by atoms with Crippen molar-refractivity contribution in [1.82, 2.24) is 0 Å². The molecule has 0 amide bonds. The molecule has 0 saturated carbocycles. The zero-order valence-corrected chi connectivity index (χ0v) is 15.0. The van der Waals surface area contributed by atoms with Crippen LogP contribution >= 0.6 is 0 Å². The normalized spacial score (nSPS) is 14.5. The maximum atomic E-state index is 11.4. The third-order valence-corrected chi connectivity index (χ3v) is 4.77. The Bertz CT molecular complexity index is 824. The average Bonchev–Trinajstić information content (AvgIpc) is 3.18. The monoisotopic (exact) mass is 337 g/mol. The molecule has 0 radical (unpaired) electrons. The summed E-state index contributed by atoms with van der Waals surface area (Å²) in [7, 11) is 5.59. The van der Waals surface area contributed by atoms with Crippen molar-refractivity contribution in [2.45, 2.75) is 25.7 Å². The number of benzene rings is 2. The summed E-state index contributed by atoms with van der Waals surface area (Å²) in [5.74, 6) is 1.30. The van der Waals surface area contributed by atoms with E-state index in [0.29, 0.717) is 18.6 Å². The van der Waals surface area contributed by atoms with Crippen molar-refractivity contribution in [3.8, 4) is 5.75 Å². The Balaban J connectivity index is 0.000000146. The Labute approximate surface area is 148 Å². The van der Waals surface area contributed by atoms with Crippen LogP contribution in [0.25, 0.3) is 0 Å². The fraction of sp³-hybridized carbons (Fsp3) is 0.333. The van der Waals surface area contributed by atoms with Gasteiger partial charge in [-0.3, -0.25) is 9.59 Å². The molecule has 4 rings (SSSR count). The minimum Gasteiger partial charge on any atom is -0.497 e. The highest BCUT2D eigenvalue weighted by Gasteiger charge is 2.20. The molecular weight excluding hydrogens is 314 g/mol. The Morgan fingerprint density at radius 1 is 0.800 bits per heavy atom. The standard InChI is InChI=1S/C11H13NO.C10H10O2/c1-12(2)9-5-3-8-4-6-11(13)10(8)7-9;1-12-8-4-2-7-3-5-10(11)9(7)6-8/h3,5,7H,4,6H2,1-2H3;2,4,6H,3,5H2,1H3. The topological polar surface area (TPSA) is 46.6 Å². The van der Waals surface area contributed by atoms with Crippen molar-refractivity contribution in [3.05, 3.63) is 58.7 Å². The summed E-state index contributed by atoms with van der Waals surface area (Å²) in [6.07, 6.45) is 3.15. The van der Waals surface area contributed by atoms with Crippen LogP contribution in [0.3, 0.4) is 0 Å². The first kappa shape index (κ1) is 17.2. The van der Waals surface area contributed by atoms with Gasteiger partial charge in [0.25, 0.3) is 0 Å². The van der Waals surface area contributed by atoms with Crippen LogP contribution in [-0.4, -0.2) is 32.8 Å². The van der Waals surface area contributed by atoms with E-state index in [0.717, 1.165) is 41.0 Å². The maximum absolute atomic E-state index is 11.4. The van der Waals surface area contributed by atoms with Gasteiger partial charge in [-0.15, -0.1) is 0 Å². The molecule has 2 aliphatic rings. The smallest absolute Gasteiger partial charge is 0.163 e.